The van der Waals surface area contributed by atoms with Crippen molar-refractivity contribution in [1.82, 2.24) is 24.8 Å². The SMILES string of the molecule is Cc1nc(C2CCCN2C(=O)c2cnn(C3CCOCC3)c2C)no1. The second-order valence-electron chi connectivity index (χ2n) is 6.76. The van der Waals surface area contributed by atoms with Crippen LogP contribution in [0.15, 0.2) is 10.7 Å². The lowest BCUT2D eigenvalue weighted by atomic mass is 10.1. The molecule has 0 radical (unpaired) electrons. The number of ether oxygens (including phenoxy) is 1. The summed E-state index contributed by atoms with van der Waals surface area (Å²) in [7, 11) is 0. The van der Waals surface area contributed by atoms with Gasteiger partial charge in [0, 0.05) is 32.4 Å². The van der Waals surface area contributed by atoms with Crippen molar-refractivity contribution in [3.63, 3.8) is 0 Å². The third-order valence-corrected chi connectivity index (χ3v) is 5.17. The van der Waals surface area contributed by atoms with Gasteiger partial charge in [-0.05, 0) is 32.6 Å². The molecule has 4 heterocycles. The summed E-state index contributed by atoms with van der Waals surface area (Å²) in [5.74, 6) is 1.12. The van der Waals surface area contributed by atoms with Crippen molar-refractivity contribution in [2.24, 2.45) is 0 Å². The fourth-order valence-corrected chi connectivity index (χ4v) is 3.81. The molecular weight excluding hydrogens is 322 g/mol. The number of carbonyl (C=O) groups excluding carboxylic acids is 1. The van der Waals surface area contributed by atoms with E-state index >= 15 is 0 Å². The number of hydrogen-bond donors (Lipinski definition) is 0. The molecule has 4 rings (SSSR count). The van der Waals surface area contributed by atoms with Crippen molar-refractivity contribution in [3.05, 3.63) is 29.2 Å². The molecule has 1 unspecified atom stereocenters. The third kappa shape index (κ3) is 2.95. The van der Waals surface area contributed by atoms with Crippen LogP contribution < -0.4 is 0 Å². The van der Waals surface area contributed by atoms with Crippen molar-refractivity contribution >= 4 is 5.91 Å². The fourth-order valence-electron chi connectivity index (χ4n) is 3.81. The molecule has 134 valence electrons. The Kier molecular flexibility index (Phi) is 4.29. The summed E-state index contributed by atoms with van der Waals surface area (Å²) in [6.45, 7) is 5.94. The van der Waals surface area contributed by atoms with Crippen LogP contribution in [0.3, 0.4) is 0 Å². The lowest BCUT2D eigenvalue weighted by Gasteiger charge is -2.24. The summed E-state index contributed by atoms with van der Waals surface area (Å²) in [6.07, 6.45) is 5.37. The van der Waals surface area contributed by atoms with E-state index in [1.807, 2.05) is 16.5 Å². The van der Waals surface area contributed by atoms with E-state index in [1.165, 1.54) is 0 Å². The van der Waals surface area contributed by atoms with Gasteiger partial charge in [0.1, 0.15) is 0 Å². The molecule has 0 saturated carbocycles. The van der Waals surface area contributed by atoms with Gasteiger partial charge in [-0.1, -0.05) is 5.16 Å². The highest BCUT2D eigenvalue weighted by molar-refractivity contribution is 5.95. The van der Waals surface area contributed by atoms with Gasteiger partial charge in [0.15, 0.2) is 5.82 Å². The standard InChI is InChI=1S/C17H23N5O3/c1-11-14(10-18-22(11)13-5-8-24-9-6-13)17(23)21-7-3-4-15(21)16-19-12(2)25-20-16/h10,13,15H,3-9H2,1-2H3. The molecular formula is C17H23N5O3. The number of aryl methyl sites for hydroxylation is 1. The van der Waals surface area contributed by atoms with Crippen LogP contribution in [0.5, 0.6) is 0 Å². The van der Waals surface area contributed by atoms with Crippen LogP contribution >= 0.6 is 0 Å². The number of carbonyl (C=O) groups is 1. The number of aromatic nitrogens is 4. The smallest absolute Gasteiger partial charge is 0.257 e. The largest absolute Gasteiger partial charge is 0.381 e. The number of nitrogens with zero attached hydrogens (tertiary/aromatic N) is 5. The fraction of sp³-hybridized carbons (Fsp3) is 0.647. The molecule has 2 aliphatic heterocycles. The highest BCUT2D eigenvalue weighted by Gasteiger charge is 2.35. The molecule has 8 heteroatoms. The van der Waals surface area contributed by atoms with E-state index in [4.69, 9.17) is 9.26 Å². The predicted molar refractivity (Wildman–Crippen MR) is 88.1 cm³/mol. The van der Waals surface area contributed by atoms with Crippen molar-refractivity contribution in [3.8, 4) is 0 Å². The Morgan fingerprint density at radius 2 is 2.04 bits per heavy atom. The van der Waals surface area contributed by atoms with Gasteiger partial charge in [0.2, 0.25) is 5.89 Å². The Morgan fingerprint density at radius 1 is 1.24 bits per heavy atom. The topological polar surface area (TPSA) is 86.3 Å². The van der Waals surface area contributed by atoms with E-state index in [1.54, 1.807) is 13.1 Å². The average Bonchev–Trinajstić information content (AvgIpc) is 3.34. The third-order valence-electron chi connectivity index (χ3n) is 5.17. The molecule has 2 fully saturated rings. The molecule has 0 bridgehead atoms. The van der Waals surface area contributed by atoms with Gasteiger partial charge in [0.05, 0.1) is 23.8 Å². The molecule has 8 nitrogen and oxygen atoms in total. The quantitative estimate of drug-likeness (QED) is 0.848. The first-order valence-corrected chi connectivity index (χ1v) is 8.88. The molecule has 0 spiro atoms. The summed E-state index contributed by atoms with van der Waals surface area (Å²) in [4.78, 5) is 19.3. The Morgan fingerprint density at radius 3 is 2.76 bits per heavy atom. The van der Waals surface area contributed by atoms with Crippen molar-refractivity contribution in [2.75, 3.05) is 19.8 Å². The van der Waals surface area contributed by atoms with Gasteiger partial charge in [-0.25, -0.2) is 0 Å². The highest BCUT2D eigenvalue weighted by atomic mass is 16.5. The van der Waals surface area contributed by atoms with Crippen LogP contribution in [-0.2, 0) is 4.74 Å². The zero-order valence-electron chi connectivity index (χ0n) is 14.6. The molecule has 0 aliphatic carbocycles. The molecule has 2 aliphatic rings. The van der Waals surface area contributed by atoms with Crippen LogP contribution in [0.1, 0.15) is 65.5 Å². The number of likely N-dealkylation sites (tertiary alicyclic amines) is 1. The summed E-state index contributed by atoms with van der Waals surface area (Å²) in [6, 6.07) is 0.195. The molecule has 0 aromatic carbocycles. The normalized spacial score (nSPS) is 21.8. The van der Waals surface area contributed by atoms with Gasteiger partial charge in [-0.2, -0.15) is 10.1 Å². The minimum absolute atomic E-state index is 0.000706. The lowest BCUT2D eigenvalue weighted by molar-refractivity contribution is 0.0654. The average molecular weight is 345 g/mol. The van der Waals surface area contributed by atoms with Crippen LogP contribution in [0.25, 0.3) is 0 Å². The van der Waals surface area contributed by atoms with Crippen LogP contribution in [0, 0.1) is 13.8 Å². The van der Waals surface area contributed by atoms with Crippen LogP contribution in [0.4, 0.5) is 0 Å². The maximum Gasteiger partial charge on any atom is 0.257 e. The van der Waals surface area contributed by atoms with Gasteiger partial charge < -0.3 is 14.2 Å². The first-order valence-electron chi connectivity index (χ1n) is 8.88. The van der Waals surface area contributed by atoms with E-state index < -0.39 is 0 Å². The van der Waals surface area contributed by atoms with Crippen LogP contribution in [-0.4, -0.2) is 50.5 Å². The summed E-state index contributed by atoms with van der Waals surface area (Å²) in [5.41, 5.74) is 1.59. The van der Waals surface area contributed by atoms with Crippen molar-refractivity contribution in [1.29, 1.82) is 0 Å². The predicted octanol–water partition coefficient (Wildman–Crippen LogP) is 2.21. The Labute approximate surface area is 146 Å². The van der Waals surface area contributed by atoms with Crippen LogP contribution in [0.2, 0.25) is 0 Å². The van der Waals surface area contributed by atoms with Gasteiger partial charge in [-0.15, -0.1) is 0 Å². The zero-order chi connectivity index (χ0) is 17.4. The van der Waals surface area contributed by atoms with E-state index in [9.17, 15) is 4.79 Å². The van der Waals surface area contributed by atoms with E-state index in [0.29, 0.717) is 29.9 Å². The number of amides is 1. The van der Waals surface area contributed by atoms with E-state index in [-0.39, 0.29) is 11.9 Å². The Bertz CT molecular complexity index is 762. The first kappa shape index (κ1) is 16.3. The maximum absolute atomic E-state index is 13.1. The minimum atomic E-state index is -0.115. The summed E-state index contributed by atoms with van der Waals surface area (Å²) < 4.78 is 12.5. The monoisotopic (exact) mass is 345 g/mol. The summed E-state index contributed by atoms with van der Waals surface area (Å²) >= 11 is 0. The van der Waals surface area contributed by atoms with Gasteiger partial charge >= 0.3 is 0 Å². The highest BCUT2D eigenvalue weighted by Crippen LogP contribution is 2.32. The minimum Gasteiger partial charge on any atom is -0.381 e. The molecule has 1 amide bonds. The molecule has 1 atom stereocenters. The van der Waals surface area contributed by atoms with Gasteiger partial charge in [-0.3, -0.25) is 9.48 Å². The second-order valence-corrected chi connectivity index (χ2v) is 6.76. The zero-order valence-corrected chi connectivity index (χ0v) is 14.6. The first-order chi connectivity index (χ1) is 12.1. The van der Waals surface area contributed by atoms with Crippen molar-refractivity contribution in [2.45, 2.75) is 51.6 Å². The summed E-state index contributed by atoms with van der Waals surface area (Å²) in [5, 5.41) is 8.51. The van der Waals surface area contributed by atoms with E-state index in [0.717, 1.165) is 44.6 Å². The molecule has 25 heavy (non-hydrogen) atoms. The second kappa shape index (κ2) is 6.59. The van der Waals surface area contributed by atoms with Gasteiger partial charge in [0.25, 0.3) is 5.91 Å². The Balaban J connectivity index is 1.57. The molecule has 2 aromatic rings. The number of rotatable bonds is 3. The Hall–Kier alpha value is -2.22. The van der Waals surface area contributed by atoms with E-state index in [2.05, 4.69) is 15.2 Å². The van der Waals surface area contributed by atoms with Crippen molar-refractivity contribution < 1.29 is 14.1 Å². The maximum atomic E-state index is 13.1. The molecule has 0 N–H and O–H groups in total. The molecule has 2 saturated heterocycles. The number of hydrogen-bond acceptors (Lipinski definition) is 6. The lowest BCUT2D eigenvalue weighted by Crippen LogP contribution is -2.31. The molecule has 2 aromatic heterocycles.